The Morgan fingerprint density at radius 1 is 1.57 bits per heavy atom. The van der Waals surface area contributed by atoms with Gasteiger partial charge in [-0.05, 0) is 6.92 Å². The maximum Gasteiger partial charge on any atom is 0.323 e. The molecule has 6 heteroatoms. The molecule has 0 aliphatic heterocycles. The summed E-state index contributed by atoms with van der Waals surface area (Å²) in [5, 5.41) is 8.54. The monoisotopic (exact) mass is 204 g/mol. The first-order valence-electron chi connectivity index (χ1n) is 4.24. The number of carboxylic acids is 1. The van der Waals surface area contributed by atoms with E-state index in [-0.39, 0.29) is 19.0 Å². The number of carbonyl (C=O) groups is 2. The van der Waals surface area contributed by atoms with Crippen molar-refractivity contribution in [3.8, 4) is 0 Å². The fourth-order valence-corrected chi connectivity index (χ4v) is 0.920. The van der Waals surface area contributed by atoms with Crippen LogP contribution in [-0.2, 0) is 14.3 Å². The van der Waals surface area contributed by atoms with E-state index >= 15 is 0 Å². The first kappa shape index (κ1) is 12.9. The maximum absolute atomic E-state index is 11.4. The molecule has 14 heavy (non-hydrogen) atoms. The molecule has 1 unspecified atom stereocenters. The number of rotatable bonds is 6. The van der Waals surface area contributed by atoms with Crippen LogP contribution in [0.15, 0.2) is 0 Å². The Bertz CT molecular complexity index is 206. The summed E-state index contributed by atoms with van der Waals surface area (Å²) < 4.78 is 4.76. The fourth-order valence-electron chi connectivity index (χ4n) is 0.920. The number of aliphatic carboxylic acids is 1. The van der Waals surface area contributed by atoms with Gasteiger partial charge in [0.2, 0.25) is 5.91 Å². The van der Waals surface area contributed by atoms with Crippen molar-refractivity contribution in [1.29, 1.82) is 0 Å². The molecule has 0 aromatic rings. The van der Waals surface area contributed by atoms with Gasteiger partial charge in [0.05, 0.1) is 12.6 Å². The van der Waals surface area contributed by atoms with E-state index in [0.717, 1.165) is 4.90 Å². The number of nitrogens with two attached hydrogens (primary N) is 1. The van der Waals surface area contributed by atoms with Crippen LogP contribution in [0.4, 0.5) is 0 Å². The number of hydrogen-bond donors (Lipinski definition) is 2. The summed E-state index contributed by atoms with van der Waals surface area (Å²) in [6, 6.07) is -0.689. The number of carbonyl (C=O) groups excluding carboxylic acids is 1. The average Bonchev–Trinajstić information content (AvgIpc) is 2.10. The molecular weight excluding hydrogens is 188 g/mol. The molecule has 0 radical (unpaired) electrons. The van der Waals surface area contributed by atoms with Gasteiger partial charge in [-0.25, -0.2) is 0 Å². The summed E-state index contributed by atoms with van der Waals surface area (Å²) in [7, 11) is 1.48. The minimum atomic E-state index is -1.06. The van der Waals surface area contributed by atoms with Crippen molar-refractivity contribution in [3.63, 3.8) is 0 Å². The lowest BCUT2D eigenvalue weighted by Crippen LogP contribution is -2.45. The molecule has 1 amide bonds. The third kappa shape index (κ3) is 4.78. The summed E-state index contributed by atoms with van der Waals surface area (Å²) in [5.41, 5.74) is 5.36. The Morgan fingerprint density at radius 2 is 2.14 bits per heavy atom. The topological polar surface area (TPSA) is 92.9 Å². The van der Waals surface area contributed by atoms with Crippen LogP contribution in [0.3, 0.4) is 0 Å². The largest absolute Gasteiger partial charge is 0.480 e. The molecular formula is C8H16N2O4. The zero-order valence-electron chi connectivity index (χ0n) is 8.40. The number of nitrogens with zero attached hydrogens (tertiary/aromatic N) is 1. The first-order valence-corrected chi connectivity index (χ1v) is 4.24. The maximum atomic E-state index is 11.4. The standard InChI is InChI=1S/C8H16N2O4/c1-6(9)8(13)10(3-4-14-2)5-7(11)12/h6H,3-5,9H2,1-2H3,(H,11,12). The molecule has 0 aliphatic carbocycles. The molecule has 0 aliphatic rings. The zero-order valence-corrected chi connectivity index (χ0v) is 8.40. The molecule has 0 fully saturated rings. The van der Waals surface area contributed by atoms with Crippen LogP contribution in [0.2, 0.25) is 0 Å². The minimum absolute atomic E-state index is 0.239. The van der Waals surface area contributed by atoms with Crippen LogP contribution in [0, 0.1) is 0 Å². The second-order valence-electron chi connectivity index (χ2n) is 2.94. The highest BCUT2D eigenvalue weighted by molar-refractivity contribution is 5.84. The second-order valence-corrected chi connectivity index (χ2v) is 2.94. The van der Waals surface area contributed by atoms with Gasteiger partial charge >= 0.3 is 5.97 Å². The molecule has 0 bridgehead atoms. The minimum Gasteiger partial charge on any atom is -0.480 e. The highest BCUT2D eigenvalue weighted by atomic mass is 16.5. The molecule has 0 aromatic carbocycles. The van der Waals surface area contributed by atoms with Crippen molar-refractivity contribution in [3.05, 3.63) is 0 Å². The summed E-state index contributed by atoms with van der Waals surface area (Å²) in [6.07, 6.45) is 0. The second kappa shape index (κ2) is 6.33. The molecule has 3 N–H and O–H groups in total. The highest BCUT2D eigenvalue weighted by Gasteiger charge is 2.19. The van der Waals surface area contributed by atoms with Gasteiger partial charge in [0.15, 0.2) is 0 Å². The van der Waals surface area contributed by atoms with Crippen molar-refractivity contribution < 1.29 is 19.4 Å². The summed E-state index contributed by atoms with van der Waals surface area (Å²) >= 11 is 0. The smallest absolute Gasteiger partial charge is 0.323 e. The van der Waals surface area contributed by atoms with Gasteiger partial charge in [-0.3, -0.25) is 9.59 Å². The van der Waals surface area contributed by atoms with Crippen LogP contribution >= 0.6 is 0 Å². The van der Waals surface area contributed by atoms with Gasteiger partial charge in [0.1, 0.15) is 6.54 Å². The van der Waals surface area contributed by atoms with Crippen molar-refractivity contribution >= 4 is 11.9 Å². The third-order valence-electron chi connectivity index (χ3n) is 1.59. The van der Waals surface area contributed by atoms with Gasteiger partial charge in [0, 0.05) is 13.7 Å². The quantitative estimate of drug-likeness (QED) is 0.572. The summed E-state index contributed by atoms with van der Waals surface area (Å²) in [5.74, 6) is -1.44. The van der Waals surface area contributed by atoms with E-state index < -0.39 is 12.0 Å². The highest BCUT2D eigenvalue weighted by Crippen LogP contribution is 1.93. The van der Waals surface area contributed by atoms with Crippen LogP contribution in [0.1, 0.15) is 6.92 Å². The van der Waals surface area contributed by atoms with E-state index in [1.807, 2.05) is 0 Å². The van der Waals surface area contributed by atoms with E-state index in [0.29, 0.717) is 6.61 Å². The van der Waals surface area contributed by atoms with E-state index in [9.17, 15) is 9.59 Å². The van der Waals surface area contributed by atoms with Crippen molar-refractivity contribution in [2.45, 2.75) is 13.0 Å². The fraction of sp³-hybridized carbons (Fsp3) is 0.750. The number of hydrogen-bond acceptors (Lipinski definition) is 4. The predicted molar refractivity (Wildman–Crippen MR) is 49.7 cm³/mol. The Labute approximate surface area is 82.6 Å². The van der Waals surface area contributed by atoms with Crippen LogP contribution < -0.4 is 5.73 Å². The Hall–Kier alpha value is -1.14. The molecule has 1 atom stereocenters. The molecule has 0 spiro atoms. The number of carboxylic acid groups (broad SMARTS) is 1. The van der Waals surface area contributed by atoms with Gasteiger partial charge < -0.3 is 20.5 Å². The predicted octanol–water partition coefficient (Wildman–Crippen LogP) is -1.11. The molecule has 0 saturated heterocycles. The molecule has 0 rings (SSSR count). The lowest BCUT2D eigenvalue weighted by molar-refractivity contribution is -0.145. The molecule has 0 heterocycles. The Kier molecular flexibility index (Phi) is 5.82. The van der Waals surface area contributed by atoms with Gasteiger partial charge in [-0.15, -0.1) is 0 Å². The van der Waals surface area contributed by atoms with Crippen LogP contribution in [-0.4, -0.2) is 54.7 Å². The van der Waals surface area contributed by atoms with E-state index in [1.54, 1.807) is 0 Å². The van der Waals surface area contributed by atoms with E-state index in [4.69, 9.17) is 15.6 Å². The van der Waals surface area contributed by atoms with Crippen molar-refractivity contribution in [1.82, 2.24) is 4.90 Å². The number of ether oxygens (including phenoxy) is 1. The van der Waals surface area contributed by atoms with Gasteiger partial charge in [-0.2, -0.15) is 0 Å². The average molecular weight is 204 g/mol. The van der Waals surface area contributed by atoms with Crippen LogP contribution in [0.25, 0.3) is 0 Å². The summed E-state index contributed by atoms with van der Waals surface area (Å²) in [6.45, 7) is 1.71. The first-order chi connectivity index (χ1) is 6.49. The van der Waals surface area contributed by atoms with Crippen molar-refractivity contribution in [2.75, 3.05) is 26.8 Å². The van der Waals surface area contributed by atoms with Gasteiger partial charge in [-0.1, -0.05) is 0 Å². The Balaban J connectivity index is 4.22. The number of amides is 1. The van der Waals surface area contributed by atoms with E-state index in [1.165, 1.54) is 14.0 Å². The van der Waals surface area contributed by atoms with Crippen molar-refractivity contribution in [2.24, 2.45) is 5.73 Å². The SMILES string of the molecule is COCCN(CC(=O)O)C(=O)C(C)N. The third-order valence-corrected chi connectivity index (χ3v) is 1.59. The summed E-state index contributed by atoms with van der Waals surface area (Å²) in [4.78, 5) is 23.0. The lowest BCUT2D eigenvalue weighted by Gasteiger charge is -2.21. The van der Waals surface area contributed by atoms with Gasteiger partial charge in [0.25, 0.3) is 0 Å². The molecule has 82 valence electrons. The van der Waals surface area contributed by atoms with Crippen LogP contribution in [0.5, 0.6) is 0 Å². The molecule has 0 aromatic heterocycles. The molecule has 6 nitrogen and oxygen atoms in total. The molecule has 0 saturated carbocycles. The lowest BCUT2D eigenvalue weighted by atomic mass is 10.3. The normalized spacial score (nSPS) is 12.2. The Morgan fingerprint density at radius 3 is 2.50 bits per heavy atom. The zero-order chi connectivity index (χ0) is 11.1. The number of methoxy groups -OCH3 is 1. The van der Waals surface area contributed by atoms with E-state index in [2.05, 4.69) is 0 Å².